The van der Waals surface area contributed by atoms with Crippen molar-refractivity contribution < 1.29 is 4.79 Å². The van der Waals surface area contributed by atoms with Crippen LogP contribution in [0, 0.1) is 0 Å². The van der Waals surface area contributed by atoms with Crippen LogP contribution in [0.4, 0.5) is 0 Å². The molecule has 1 amide bonds. The standard InChI is InChI=1S/C21H22N6O2/c1-15(16-8-10-17(11-9-16)27-14-22-13-23-27)24(2)20(28)12-26-19-7-5-4-6-18(19)25(3)21(26)29/h4-11,13-15H,12H2,1-3H3. The number of imidazole rings is 1. The first-order chi connectivity index (χ1) is 14.0. The molecule has 0 N–H and O–H groups in total. The zero-order valence-corrected chi connectivity index (χ0v) is 16.6. The van der Waals surface area contributed by atoms with Crippen LogP contribution in [0.15, 0.2) is 66.0 Å². The number of nitrogens with zero attached hydrogens (tertiary/aromatic N) is 6. The van der Waals surface area contributed by atoms with Crippen LogP contribution < -0.4 is 5.69 Å². The van der Waals surface area contributed by atoms with Crippen molar-refractivity contribution in [3.05, 3.63) is 77.2 Å². The van der Waals surface area contributed by atoms with Gasteiger partial charge in [0, 0.05) is 14.1 Å². The van der Waals surface area contributed by atoms with Crippen LogP contribution >= 0.6 is 0 Å². The average molecular weight is 390 g/mol. The van der Waals surface area contributed by atoms with Gasteiger partial charge in [-0.3, -0.25) is 13.9 Å². The number of likely N-dealkylation sites (N-methyl/N-ethyl adjacent to an activating group) is 1. The van der Waals surface area contributed by atoms with Gasteiger partial charge in [-0.05, 0) is 36.8 Å². The van der Waals surface area contributed by atoms with E-state index < -0.39 is 0 Å². The van der Waals surface area contributed by atoms with E-state index in [9.17, 15) is 9.59 Å². The highest BCUT2D eigenvalue weighted by atomic mass is 16.2. The highest BCUT2D eigenvalue weighted by Gasteiger charge is 2.20. The van der Waals surface area contributed by atoms with Crippen molar-refractivity contribution in [3.63, 3.8) is 0 Å². The second kappa shape index (κ2) is 7.38. The molecule has 8 heteroatoms. The lowest BCUT2D eigenvalue weighted by molar-refractivity contribution is -0.132. The van der Waals surface area contributed by atoms with E-state index in [0.29, 0.717) is 0 Å². The van der Waals surface area contributed by atoms with Crippen LogP contribution in [-0.2, 0) is 18.4 Å². The Morgan fingerprint density at radius 1 is 1.10 bits per heavy atom. The Bertz CT molecular complexity index is 1200. The summed E-state index contributed by atoms with van der Waals surface area (Å²) in [6.07, 6.45) is 3.12. The van der Waals surface area contributed by atoms with Gasteiger partial charge in [0.15, 0.2) is 0 Å². The number of carbonyl (C=O) groups is 1. The van der Waals surface area contributed by atoms with E-state index in [-0.39, 0.29) is 24.2 Å². The second-order valence-electron chi connectivity index (χ2n) is 7.03. The van der Waals surface area contributed by atoms with Crippen molar-refractivity contribution in [1.82, 2.24) is 28.8 Å². The zero-order valence-electron chi connectivity index (χ0n) is 16.6. The molecule has 0 bridgehead atoms. The largest absolute Gasteiger partial charge is 0.337 e. The van der Waals surface area contributed by atoms with Gasteiger partial charge in [-0.2, -0.15) is 5.10 Å². The third kappa shape index (κ3) is 3.33. The van der Waals surface area contributed by atoms with Gasteiger partial charge in [0.05, 0.1) is 22.8 Å². The fraction of sp³-hybridized carbons (Fsp3) is 0.238. The molecule has 0 aliphatic heterocycles. The van der Waals surface area contributed by atoms with Gasteiger partial charge >= 0.3 is 5.69 Å². The number of fused-ring (bicyclic) bond motifs is 1. The van der Waals surface area contributed by atoms with E-state index >= 15 is 0 Å². The van der Waals surface area contributed by atoms with Crippen molar-refractivity contribution in [1.29, 1.82) is 0 Å². The lowest BCUT2D eigenvalue weighted by Crippen LogP contribution is -2.35. The predicted octanol–water partition coefficient (Wildman–Crippen LogP) is 2.14. The highest BCUT2D eigenvalue weighted by molar-refractivity contribution is 5.81. The third-order valence-corrected chi connectivity index (χ3v) is 5.38. The predicted molar refractivity (Wildman–Crippen MR) is 110 cm³/mol. The second-order valence-corrected chi connectivity index (χ2v) is 7.03. The van der Waals surface area contributed by atoms with Crippen molar-refractivity contribution in [2.24, 2.45) is 7.05 Å². The van der Waals surface area contributed by atoms with E-state index in [1.54, 1.807) is 34.6 Å². The zero-order chi connectivity index (χ0) is 20.5. The van der Waals surface area contributed by atoms with Gasteiger partial charge in [-0.25, -0.2) is 14.5 Å². The number of amides is 1. The van der Waals surface area contributed by atoms with Gasteiger partial charge in [0.2, 0.25) is 5.91 Å². The molecule has 29 heavy (non-hydrogen) atoms. The SMILES string of the molecule is CC(c1ccc(-n2cncn2)cc1)N(C)C(=O)Cn1c(=O)n(C)c2ccccc21. The molecule has 0 saturated heterocycles. The molecule has 0 aliphatic carbocycles. The van der Waals surface area contributed by atoms with Gasteiger partial charge in [-0.1, -0.05) is 24.3 Å². The highest BCUT2D eigenvalue weighted by Crippen LogP contribution is 2.21. The Morgan fingerprint density at radius 3 is 2.45 bits per heavy atom. The molecule has 0 aliphatic rings. The Morgan fingerprint density at radius 2 is 1.79 bits per heavy atom. The first-order valence-electron chi connectivity index (χ1n) is 9.32. The van der Waals surface area contributed by atoms with Gasteiger partial charge in [0.1, 0.15) is 19.2 Å². The third-order valence-electron chi connectivity index (χ3n) is 5.38. The molecule has 1 unspecified atom stereocenters. The number of aromatic nitrogens is 5. The Labute approximate surface area is 167 Å². The van der Waals surface area contributed by atoms with E-state index in [1.165, 1.54) is 10.9 Å². The lowest BCUT2D eigenvalue weighted by Gasteiger charge is -2.25. The first kappa shape index (κ1) is 18.7. The summed E-state index contributed by atoms with van der Waals surface area (Å²) in [4.78, 5) is 31.1. The average Bonchev–Trinajstić information content (AvgIpc) is 3.37. The molecular formula is C21H22N6O2. The smallest absolute Gasteiger partial charge is 0.329 e. The van der Waals surface area contributed by atoms with Crippen LogP contribution in [0.5, 0.6) is 0 Å². The van der Waals surface area contributed by atoms with Crippen LogP contribution in [0.25, 0.3) is 16.7 Å². The summed E-state index contributed by atoms with van der Waals surface area (Å²) < 4.78 is 4.76. The minimum absolute atomic E-state index is 0.00192. The number of carbonyl (C=O) groups excluding carboxylic acids is 1. The van der Waals surface area contributed by atoms with Gasteiger partial charge < -0.3 is 4.90 Å². The van der Waals surface area contributed by atoms with Crippen LogP contribution in [0.1, 0.15) is 18.5 Å². The molecule has 0 saturated carbocycles. The molecule has 4 rings (SSSR count). The van der Waals surface area contributed by atoms with Crippen LogP contribution in [-0.4, -0.2) is 41.8 Å². The van der Waals surface area contributed by atoms with Gasteiger partial charge in [-0.15, -0.1) is 0 Å². The minimum Gasteiger partial charge on any atom is -0.337 e. The van der Waals surface area contributed by atoms with Crippen LogP contribution in [0.2, 0.25) is 0 Å². The minimum atomic E-state index is -0.196. The number of para-hydroxylation sites is 2. The summed E-state index contributed by atoms with van der Waals surface area (Å²) in [6, 6.07) is 15.2. The Hall–Kier alpha value is -3.68. The first-order valence-corrected chi connectivity index (χ1v) is 9.32. The normalized spacial score (nSPS) is 12.2. The topological polar surface area (TPSA) is 78.0 Å². The molecule has 148 valence electrons. The maximum absolute atomic E-state index is 12.9. The molecule has 2 aromatic heterocycles. The fourth-order valence-electron chi connectivity index (χ4n) is 3.45. The number of benzene rings is 2. The van der Waals surface area contributed by atoms with Crippen molar-refractivity contribution in [2.45, 2.75) is 19.5 Å². The number of hydrogen-bond donors (Lipinski definition) is 0. The molecule has 4 aromatic rings. The lowest BCUT2D eigenvalue weighted by atomic mass is 10.1. The summed E-state index contributed by atoms with van der Waals surface area (Å²) in [5.41, 5.74) is 3.26. The molecule has 2 heterocycles. The van der Waals surface area contributed by atoms with Crippen molar-refractivity contribution in [3.8, 4) is 5.69 Å². The summed E-state index contributed by atoms with van der Waals surface area (Å²) in [5.74, 6) is -0.128. The van der Waals surface area contributed by atoms with E-state index in [4.69, 9.17) is 0 Å². The van der Waals surface area contributed by atoms with Crippen molar-refractivity contribution in [2.75, 3.05) is 7.05 Å². The summed E-state index contributed by atoms with van der Waals surface area (Å²) >= 11 is 0. The molecular weight excluding hydrogens is 368 g/mol. The van der Waals surface area contributed by atoms with Crippen LogP contribution in [0.3, 0.4) is 0 Å². The number of hydrogen-bond acceptors (Lipinski definition) is 4. The quantitative estimate of drug-likeness (QED) is 0.523. The fourth-order valence-corrected chi connectivity index (χ4v) is 3.45. The van der Waals surface area contributed by atoms with E-state index in [1.807, 2.05) is 55.5 Å². The molecule has 0 spiro atoms. The molecule has 0 fully saturated rings. The van der Waals surface area contributed by atoms with Crippen molar-refractivity contribution >= 4 is 16.9 Å². The van der Waals surface area contributed by atoms with Gasteiger partial charge in [0.25, 0.3) is 0 Å². The van der Waals surface area contributed by atoms with E-state index in [0.717, 1.165) is 22.3 Å². The monoisotopic (exact) mass is 390 g/mol. The maximum Gasteiger partial charge on any atom is 0.329 e. The number of aryl methyl sites for hydroxylation is 1. The summed E-state index contributed by atoms with van der Waals surface area (Å²) in [5, 5.41) is 4.11. The number of rotatable bonds is 5. The summed E-state index contributed by atoms with van der Waals surface area (Å²) in [6.45, 7) is 1.96. The summed E-state index contributed by atoms with van der Waals surface area (Å²) in [7, 11) is 3.48. The maximum atomic E-state index is 12.9. The molecule has 2 aromatic carbocycles. The molecule has 8 nitrogen and oxygen atoms in total. The van der Waals surface area contributed by atoms with E-state index in [2.05, 4.69) is 10.1 Å². The Kier molecular flexibility index (Phi) is 4.75. The molecule has 1 atom stereocenters. The Balaban J connectivity index is 1.54. The molecule has 0 radical (unpaired) electrons.